The SMILES string of the molecule is CCCCCCOc1ccc(/C=C2\C(=O)NC(=O)N(c3cccc(Cl)c3)C2=O)cc1. The van der Waals surface area contributed by atoms with Gasteiger partial charge in [0.05, 0.1) is 12.3 Å². The Hall–Kier alpha value is -3.12. The summed E-state index contributed by atoms with van der Waals surface area (Å²) >= 11 is 5.97. The Morgan fingerprint density at radius 1 is 1.03 bits per heavy atom. The summed E-state index contributed by atoms with van der Waals surface area (Å²) in [5.74, 6) is -0.717. The molecule has 0 aliphatic carbocycles. The summed E-state index contributed by atoms with van der Waals surface area (Å²) in [5, 5.41) is 2.57. The quantitative estimate of drug-likeness (QED) is 0.367. The minimum Gasteiger partial charge on any atom is -0.494 e. The van der Waals surface area contributed by atoms with Gasteiger partial charge < -0.3 is 4.74 Å². The monoisotopic (exact) mass is 426 g/mol. The van der Waals surface area contributed by atoms with Gasteiger partial charge in [-0.15, -0.1) is 0 Å². The van der Waals surface area contributed by atoms with E-state index < -0.39 is 17.8 Å². The standard InChI is InChI=1S/C23H23ClN2O4/c1-2-3-4-5-13-30-19-11-9-16(10-12-19)14-20-21(27)25-23(29)26(22(20)28)18-8-6-7-17(24)15-18/h6-12,14-15H,2-5,13H2,1H3,(H,25,27,29)/b20-14+. The Balaban J connectivity index is 1.74. The largest absolute Gasteiger partial charge is 0.494 e. The molecular weight excluding hydrogens is 404 g/mol. The molecule has 1 saturated heterocycles. The van der Waals surface area contributed by atoms with Gasteiger partial charge in [0.2, 0.25) is 0 Å². The summed E-state index contributed by atoms with van der Waals surface area (Å²) in [6, 6.07) is 12.6. The number of nitrogens with one attached hydrogen (secondary N) is 1. The minimum absolute atomic E-state index is 0.136. The van der Waals surface area contributed by atoms with Crippen molar-refractivity contribution >= 4 is 41.2 Å². The highest BCUT2D eigenvalue weighted by Gasteiger charge is 2.36. The van der Waals surface area contributed by atoms with Crippen molar-refractivity contribution in [1.82, 2.24) is 5.32 Å². The van der Waals surface area contributed by atoms with Gasteiger partial charge in [-0.25, -0.2) is 9.69 Å². The van der Waals surface area contributed by atoms with Gasteiger partial charge in [0.15, 0.2) is 0 Å². The lowest BCUT2D eigenvalue weighted by atomic mass is 10.1. The molecule has 1 aliphatic rings. The smallest absolute Gasteiger partial charge is 0.335 e. The molecule has 0 aromatic heterocycles. The number of carbonyl (C=O) groups excluding carboxylic acids is 3. The Labute approximate surface area is 180 Å². The van der Waals surface area contributed by atoms with Crippen molar-refractivity contribution in [3.8, 4) is 5.75 Å². The van der Waals surface area contributed by atoms with E-state index in [4.69, 9.17) is 16.3 Å². The first-order valence-corrected chi connectivity index (χ1v) is 10.3. The number of carbonyl (C=O) groups is 3. The summed E-state index contributed by atoms with van der Waals surface area (Å²) in [6.45, 7) is 2.81. The minimum atomic E-state index is -0.809. The Morgan fingerprint density at radius 3 is 2.50 bits per heavy atom. The van der Waals surface area contributed by atoms with E-state index in [1.54, 1.807) is 42.5 Å². The van der Waals surface area contributed by atoms with Crippen molar-refractivity contribution in [2.45, 2.75) is 32.6 Å². The van der Waals surface area contributed by atoms with Crippen molar-refractivity contribution in [3.05, 3.63) is 64.7 Å². The predicted octanol–water partition coefficient (Wildman–Crippen LogP) is 4.97. The molecule has 0 unspecified atom stereocenters. The maximum atomic E-state index is 12.9. The zero-order valence-corrected chi connectivity index (χ0v) is 17.4. The number of urea groups is 1. The van der Waals surface area contributed by atoms with Gasteiger partial charge in [-0.2, -0.15) is 0 Å². The molecule has 0 radical (unpaired) electrons. The fourth-order valence-electron chi connectivity index (χ4n) is 3.05. The van der Waals surface area contributed by atoms with Gasteiger partial charge in [-0.3, -0.25) is 14.9 Å². The normalized spacial score (nSPS) is 15.5. The van der Waals surface area contributed by atoms with Crippen LogP contribution in [0.1, 0.15) is 38.2 Å². The molecule has 1 aliphatic heterocycles. The van der Waals surface area contributed by atoms with Crippen molar-refractivity contribution < 1.29 is 19.1 Å². The number of amides is 4. The Kier molecular flexibility index (Phi) is 7.25. The van der Waals surface area contributed by atoms with E-state index >= 15 is 0 Å². The summed E-state index contributed by atoms with van der Waals surface area (Å²) in [5.41, 5.74) is 0.797. The molecule has 1 fully saturated rings. The van der Waals surface area contributed by atoms with E-state index in [1.807, 2.05) is 0 Å². The zero-order valence-electron chi connectivity index (χ0n) is 16.7. The number of nitrogens with zero attached hydrogens (tertiary/aromatic N) is 1. The van der Waals surface area contributed by atoms with Crippen LogP contribution in [0.15, 0.2) is 54.1 Å². The fraction of sp³-hybridized carbons (Fsp3) is 0.261. The number of ether oxygens (including phenoxy) is 1. The van der Waals surface area contributed by atoms with Gasteiger partial charge >= 0.3 is 6.03 Å². The first-order valence-electron chi connectivity index (χ1n) is 9.89. The molecule has 0 bridgehead atoms. The number of hydrogen-bond acceptors (Lipinski definition) is 4. The van der Waals surface area contributed by atoms with Crippen molar-refractivity contribution in [1.29, 1.82) is 0 Å². The average Bonchev–Trinajstić information content (AvgIpc) is 2.72. The number of halogens is 1. The van der Waals surface area contributed by atoms with Gasteiger partial charge in [0.25, 0.3) is 11.8 Å². The van der Waals surface area contributed by atoms with Crippen LogP contribution in [0.3, 0.4) is 0 Å². The number of unbranched alkanes of at least 4 members (excludes halogenated alkanes) is 3. The Bertz CT molecular complexity index is 969. The average molecular weight is 427 g/mol. The molecule has 30 heavy (non-hydrogen) atoms. The predicted molar refractivity (Wildman–Crippen MR) is 117 cm³/mol. The van der Waals surface area contributed by atoms with Crippen LogP contribution in [0.5, 0.6) is 5.75 Å². The van der Waals surface area contributed by atoms with Crippen LogP contribution in [0.4, 0.5) is 10.5 Å². The highest BCUT2D eigenvalue weighted by atomic mass is 35.5. The molecule has 0 saturated carbocycles. The van der Waals surface area contributed by atoms with E-state index in [9.17, 15) is 14.4 Å². The number of anilines is 1. The highest BCUT2D eigenvalue weighted by Crippen LogP contribution is 2.25. The van der Waals surface area contributed by atoms with Crippen LogP contribution in [-0.4, -0.2) is 24.5 Å². The van der Waals surface area contributed by atoms with Crippen LogP contribution >= 0.6 is 11.6 Å². The van der Waals surface area contributed by atoms with Crippen LogP contribution < -0.4 is 15.0 Å². The van der Waals surface area contributed by atoms with Crippen molar-refractivity contribution in [2.75, 3.05) is 11.5 Å². The van der Waals surface area contributed by atoms with Crippen molar-refractivity contribution in [2.24, 2.45) is 0 Å². The molecule has 7 heteroatoms. The number of barbiturate groups is 1. The lowest BCUT2D eigenvalue weighted by Crippen LogP contribution is -2.54. The van der Waals surface area contributed by atoms with Crippen LogP contribution in [0.2, 0.25) is 5.02 Å². The van der Waals surface area contributed by atoms with Crippen LogP contribution in [0.25, 0.3) is 6.08 Å². The highest BCUT2D eigenvalue weighted by molar-refractivity contribution is 6.39. The van der Waals surface area contributed by atoms with E-state index in [-0.39, 0.29) is 11.3 Å². The molecule has 0 spiro atoms. The second-order valence-corrected chi connectivity index (χ2v) is 7.35. The second-order valence-electron chi connectivity index (χ2n) is 6.92. The topological polar surface area (TPSA) is 75.7 Å². The maximum Gasteiger partial charge on any atom is 0.335 e. The van der Waals surface area contributed by atoms with Crippen LogP contribution in [-0.2, 0) is 9.59 Å². The number of imide groups is 2. The lowest BCUT2D eigenvalue weighted by Gasteiger charge is -2.26. The molecule has 1 heterocycles. The van der Waals surface area contributed by atoms with E-state index in [0.717, 1.165) is 23.5 Å². The number of hydrogen-bond donors (Lipinski definition) is 1. The van der Waals surface area contributed by atoms with E-state index in [1.165, 1.54) is 25.0 Å². The maximum absolute atomic E-state index is 12.9. The van der Waals surface area contributed by atoms with Crippen molar-refractivity contribution in [3.63, 3.8) is 0 Å². The molecule has 156 valence electrons. The third kappa shape index (κ3) is 5.27. The summed E-state index contributed by atoms with van der Waals surface area (Å²) in [6.07, 6.45) is 5.96. The molecule has 2 aromatic rings. The Morgan fingerprint density at radius 2 is 1.80 bits per heavy atom. The second kappa shape index (κ2) is 10.1. The summed E-state index contributed by atoms with van der Waals surface area (Å²) in [7, 11) is 0. The van der Waals surface area contributed by atoms with Gasteiger partial charge in [-0.1, -0.05) is 56.0 Å². The number of rotatable bonds is 8. The molecular formula is C23H23ClN2O4. The molecule has 4 amide bonds. The van der Waals surface area contributed by atoms with Gasteiger partial charge in [-0.05, 0) is 48.4 Å². The third-order valence-electron chi connectivity index (χ3n) is 4.63. The van der Waals surface area contributed by atoms with Gasteiger partial charge in [0, 0.05) is 5.02 Å². The van der Waals surface area contributed by atoms with Crippen LogP contribution in [0, 0.1) is 0 Å². The summed E-state index contributed by atoms with van der Waals surface area (Å²) < 4.78 is 5.71. The summed E-state index contributed by atoms with van der Waals surface area (Å²) in [4.78, 5) is 38.2. The lowest BCUT2D eigenvalue weighted by molar-refractivity contribution is -0.122. The molecule has 2 aromatic carbocycles. The fourth-order valence-corrected chi connectivity index (χ4v) is 3.24. The third-order valence-corrected chi connectivity index (χ3v) is 4.86. The zero-order chi connectivity index (χ0) is 21.5. The first-order chi connectivity index (χ1) is 14.5. The van der Waals surface area contributed by atoms with E-state index in [2.05, 4.69) is 12.2 Å². The molecule has 3 rings (SSSR count). The number of benzene rings is 2. The molecule has 0 atom stereocenters. The first kappa shape index (κ1) is 21.6. The van der Waals surface area contributed by atoms with E-state index in [0.29, 0.717) is 17.2 Å². The van der Waals surface area contributed by atoms with Gasteiger partial charge in [0.1, 0.15) is 11.3 Å². The molecule has 6 nitrogen and oxygen atoms in total. The molecule has 1 N–H and O–H groups in total.